The fourth-order valence-electron chi connectivity index (χ4n) is 2.69. The molecule has 2 heterocycles. The molecule has 2 rings (SSSR count). The van der Waals surface area contributed by atoms with Crippen LogP contribution in [-0.2, 0) is 17.1 Å². The van der Waals surface area contributed by atoms with Crippen LogP contribution >= 0.6 is 0 Å². The van der Waals surface area contributed by atoms with Gasteiger partial charge in [0.1, 0.15) is 0 Å². The normalized spacial score (nSPS) is 15.2. The van der Waals surface area contributed by atoms with Gasteiger partial charge in [-0.2, -0.15) is 0 Å². The Labute approximate surface area is 261 Å². The van der Waals surface area contributed by atoms with E-state index in [1.807, 2.05) is 61.3 Å². The summed E-state index contributed by atoms with van der Waals surface area (Å²) in [7, 11) is 0. The third kappa shape index (κ3) is 16.5. The van der Waals surface area contributed by atoms with Gasteiger partial charge in [-0.05, 0) is 75.6 Å². The van der Waals surface area contributed by atoms with Crippen molar-refractivity contribution in [2.45, 2.75) is 107 Å². The van der Waals surface area contributed by atoms with Crippen LogP contribution in [0.3, 0.4) is 0 Å². The molecule has 0 saturated carbocycles. The van der Waals surface area contributed by atoms with Crippen LogP contribution in [0, 0.1) is 23.7 Å². The summed E-state index contributed by atoms with van der Waals surface area (Å²) in [5.74, 6) is 2.18. The number of rotatable bonds is 12. The van der Waals surface area contributed by atoms with Crippen LogP contribution < -0.4 is 0 Å². The summed E-state index contributed by atoms with van der Waals surface area (Å²) in [4.78, 5) is 27.2. The zero-order chi connectivity index (χ0) is 30.2. The van der Waals surface area contributed by atoms with Gasteiger partial charge in [-0.25, -0.2) is 9.97 Å². The Morgan fingerprint density at radius 3 is 0.780 bits per heavy atom. The van der Waals surface area contributed by atoms with Gasteiger partial charge in [0, 0.05) is 49.0 Å². The minimum Gasteiger partial charge on any atom is -0.288 e. The molecule has 0 aliphatic carbocycles. The molecule has 0 aromatic carbocycles. The van der Waals surface area contributed by atoms with E-state index in [9.17, 15) is 0 Å². The minimum atomic E-state index is 0. The van der Waals surface area contributed by atoms with Gasteiger partial charge in [-0.3, -0.25) is 20.0 Å². The van der Waals surface area contributed by atoms with E-state index in [1.54, 1.807) is 0 Å². The van der Waals surface area contributed by atoms with E-state index in [2.05, 4.69) is 113 Å². The average Bonchev–Trinajstić information content (AvgIpc) is 2.92. The SMILES string of the molecule is CC(C)C(C)N=Cc1cccc(C=NC(C)C(C)C)n1.CC(C)C(C)N=Cc1cccc(C=NC(C)C(C)C)n1.[Fe+2]. The van der Waals surface area contributed by atoms with Gasteiger partial charge >= 0.3 is 17.1 Å². The van der Waals surface area contributed by atoms with E-state index in [-0.39, 0.29) is 17.1 Å². The molecule has 0 bridgehead atoms. The Morgan fingerprint density at radius 1 is 0.415 bits per heavy atom. The van der Waals surface area contributed by atoms with Crippen molar-refractivity contribution >= 4 is 24.9 Å². The van der Waals surface area contributed by atoms with Gasteiger partial charge in [0.05, 0.1) is 22.8 Å². The van der Waals surface area contributed by atoms with Crippen molar-refractivity contribution in [2.24, 2.45) is 43.6 Å². The zero-order valence-electron chi connectivity index (χ0n) is 27.4. The molecule has 41 heavy (non-hydrogen) atoms. The molecule has 0 spiro atoms. The van der Waals surface area contributed by atoms with Gasteiger partial charge in [0.25, 0.3) is 0 Å². The van der Waals surface area contributed by atoms with Crippen molar-refractivity contribution < 1.29 is 17.1 Å². The molecule has 0 radical (unpaired) electrons. The van der Waals surface area contributed by atoms with Crippen molar-refractivity contribution in [3.8, 4) is 0 Å². The van der Waals surface area contributed by atoms with Crippen molar-refractivity contribution in [3.05, 3.63) is 59.2 Å². The van der Waals surface area contributed by atoms with Crippen LogP contribution in [0.4, 0.5) is 0 Å². The summed E-state index contributed by atoms with van der Waals surface area (Å²) >= 11 is 0. The third-order valence-electron chi connectivity index (χ3n) is 7.21. The van der Waals surface area contributed by atoms with Crippen LogP contribution in [0.15, 0.2) is 56.4 Å². The van der Waals surface area contributed by atoms with Gasteiger partial charge in [0.2, 0.25) is 0 Å². The van der Waals surface area contributed by atoms with E-state index < -0.39 is 0 Å². The first kappa shape index (κ1) is 38.5. The van der Waals surface area contributed by atoms with E-state index in [4.69, 9.17) is 0 Å². The van der Waals surface area contributed by atoms with E-state index in [1.165, 1.54) is 0 Å². The predicted molar refractivity (Wildman–Crippen MR) is 176 cm³/mol. The molecule has 0 amide bonds. The van der Waals surface area contributed by atoms with E-state index in [0.717, 1.165) is 22.8 Å². The number of nitrogens with zero attached hydrogens (tertiary/aromatic N) is 6. The van der Waals surface area contributed by atoms with E-state index in [0.29, 0.717) is 47.8 Å². The van der Waals surface area contributed by atoms with Crippen molar-refractivity contribution in [1.29, 1.82) is 0 Å². The second-order valence-corrected chi connectivity index (χ2v) is 12.0. The summed E-state index contributed by atoms with van der Waals surface area (Å²) in [6.45, 7) is 25.9. The summed E-state index contributed by atoms with van der Waals surface area (Å²) in [6, 6.07) is 13.1. The zero-order valence-corrected chi connectivity index (χ0v) is 28.5. The molecule has 0 fully saturated rings. The van der Waals surface area contributed by atoms with Gasteiger partial charge < -0.3 is 0 Å². The number of aromatic nitrogens is 2. The number of hydrogen-bond donors (Lipinski definition) is 0. The smallest absolute Gasteiger partial charge is 0.288 e. The predicted octanol–water partition coefficient (Wildman–Crippen LogP) is 8.01. The largest absolute Gasteiger partial charge is 2.00 e. The Hall–Kier alpha value is -2.50. The number of aliphatic imine (C=N–C) groups is 4. The van der Waals surface area contributed by atoms with Crippen molar-refractivity contribution in [1.82, 2.24) is 9.97 Å². The molecular weight excluding hydrogens is 548 g/mol. The van der Waals surface area contributed by atoms with Crippen LogP contribution in [0.1, 0.15) is 106 Å². The standard InChI is InChI=1S/2C17H27N3.Fe/c2*1-12(2)14(5)18-10-16-8-7-9-17(20-16)11-19-15(6)13(3)4;/h2*7-15H,1-6H3;/q;;+2. The van der Waals surface area contributed by atoms with Crippen LogP contribution in [0.2, 0.25) is 0 Å². The Morgan fingerprint density at radius 2 is 0.610 bits per heavy atom. The Kier molecular flexibility index (Phi) is 19.1. The fraction of sp³-hybridized carbons (Fsp3) is 0.588. The van der Waals surface area contributed by atoms with Gasteiger partial charge in [-0.1, -0.05) is 67.5 Å². The topological polar surface area (TPSA) is 75.2 Å². The average molecular weight is 603 g/mol. The van der Waals surface area contributed by atoms with Crippen LogP contribution in [0.5, 0.6) is 0 Å². The van der Waals surface area contributed by atoms with Gasteiger partial charge in [0.15, 0.2) is 0 Å². The summed E-state index contributed by atoms with van der Waals surface area (Å²) in [5, 5.41) is 0. The molecule has 6 nitrogen and oxygen atoms in total. The quantitative estimate of drug-likeness (QED) is 0.182. The third-order valence-corrected chi connectivity index (χ3v) is 7.21. The molecular formula is C34H54FeN6+2. The molecule has 0 N–H and O–H groups in total. The molecule has 4 atom stereocenters. The molecule has 0 aliphatic rings. The molecule has 0 saturated heterocycles. The molecule has 4 unspecified atom stereocenters. The second-order valence-electron chi connectivity index (χ2n) is 12.0. The summed E-state index contributed by atoms with van der Waals surface area (Å²) in [5.41, 5.74) is 3.55. The molecule has 0 aliphatic heterocycles. The van der Waals surface area contributed by atoms with Crippen LogP contribution in [0.25, 0.3) is 0 Å². The monoisotopic (exact) mass is 602 g/mol. The minimum absolute atomic E-state index is 0. The molecule has 7 heteroatoms. The Balaban J connectivity index is 0.000000762. The Bertz CT molecular complexity index is 938. The van der Waals surface area contributed by atoms with Crippen molar-refractivity contribution in [3.63, 3.8) is 0 Å². The second kappa shape index (κ2) is 20.4. The first-order valence-electron chi connectivity index (χ1n) is 14.9. The first-order chi connectivity index (χ1) is 18.8. The molecule has 2 aromatic heterocycles. The maximum absolute atomic E-state index is 4.54. The number of pyridine rings is 2. The van der Waals surface area contributed by atoms with Gasteiger partial charge in [-0.15, -0.1) is 0 Å². The molecule has 226 valence electrons. The summed E-state index contributed by atoms with van der Waals surface area (Å²) < 4.78 is 0. The summed E-state index contributed by atoms with van der Waals surface area (Å²) in [6.07, 6.45) is 7.42. The van der Waals surface area contributed by atoms with Crippen LogP contribution in [-0.4, -0.2) is 59.0 Å². The fourth-order valence-corrected chi connectivity index (χ4v) is 2.69. The maximum Gasteiger partial charge on any atom is 2.00 e. The maximum atomic E-state index is 4.54. The number of hydrogen-bond acceptors (Lipinski definition) is 6. The molecule has 2 aromatic rings. The first-order valence-corrected chi connectivity index (χ1v) is 14.9. The van der Waals surface area contributed by atoms with E-state index >= 15 is 0 Å². The van der Waals surface area contributed by atoms with Crippen molar-refractivity contribution in [2.75, 3.05) is 0 Å².